The molecule has 5 heteroatoms. The van der Waals surface area contributed by atoms with Crippen molar-refractivity contribution in [3.8, 4) is 0 Å². The van der Waals surface area contributed by atoms with Crippen molar-refractivity contribution in [2.24, 2.45) is 0 Å². The van der Waals surface area contributed by atoms with Gasteiger partial charge in [0.25, 0.3) is 14.4 Å². The Morgan fingerprint density at radius 2 is 2.19 bits per heavy atom. The lowest BCUT2D eigenvalue weighted by molar-refractivity contribution is -0.117. The van der Waals surface area contributed by atoms with Gasteiger partial charge < -0.3 is 9.05 Å². The number of anilines is 1. The Kier molecular flexibility index (Phi) is 3.88. The van der Waals surface area contributed by atoms with Gasteiger partial charge in [-0.05, 0) is 18.6 Å². The van der Waals surface area contributed by atoms with Crippen LogP contribution < -0.4 is 4.67 Å². The van der Waals surface area contributed by atoms with Crippen molar-refractivity contribution < 1.29 is 13.8 Å². The standard InChI is InChI=1S/C11H14NO3P/c1-2-8-14-16-12(11(13)9-15-16)10-6-4-3-5-7-10/h3-7H,2,8-9H2,1H3. The molecule has 0 N–H and O–H groups in total. The number of benzene rings is 1. The summed E-state index contributed by atoms with van der Waals surface area (Å²) in [6.07, 6.45) is 0.916. The molecule has 0 radical (unpaired) electrons. The molecule has 1 unspecified atom stereocenters. The van der Waals surface area contributed by atoms with Crippen LogP contribution in [0.15, 0.2) is 30.3 Å². The van der Waals surface area contributed by atoms with E-state index in [1.54, 1.807) is 4.67 Å². The summed E-state index contributed by atoms with van der Waals surface area (Å²) in [6, 6.07) is 9.48. The van der Waals surface area contributed by atoms with Gasteiger partial charge in [0, 0.05) is 0 Å². The third kappa shape index (κ3) is 2.40. The molecule has 0 spiro atoms. The van der Waals surface area contributed by atoms with Gasteiger partial charge in [0.2, 0.25) is 0 Å². The molecule has 2 rings (SSSR count). The summed E-state index contributed by atoms with van der Waals surface area (Å²) in [5.41, 5.74) is 0.840. The first kappa shape index (κ1) is 11.5. The number of amides is 1. The first-order valence-electron chi connectivity index (χ1n) is 5.27. The predicted octanol–water partition coefficient (Wildman–Crippen LogP) is 2.70. The minimum Gasteiger partial charge on any atom is -0.317 e. The van der Waals surface area contributed by atoms with E-state index in [-0.39, 0.29) is 12.5 Å². The van der Waals surface area contributed by atoms with Gasteiger partial charge in [-0.25, -0.2) is 4.67 Å². The van der Waals surface area contributed by atoms with Gasteiger partial charge in [-0.3, -0.25) is 4.79 Å². The average Bonchev–Trinajstić information content (AvgIpc) is 2.69. The largest absolute Gasteiger partial charge is 0.317 e. The summed E-state index contributed by atoms with van der Waals surface area (Å²) < 4.78 is 12.5. The number of carbonyl (C=O) groups is 1. The van der Waals surface area contributed by atoms with Gasteiger partial charge in [-0.2, -0.15) is 0 Å². The fraction of sp³-hybridized carbons (Fsp3) is 0.364. The molecule has 1 aromatic carbocycles. The average molecular weight is 239 g/mol. The van der Waals surface area contributed by atoms with Crippen molar-refractivity contribution in [2.75, 3.05) is 17.9 Å². The Labute approximate surface area is 96.1 Å². The van der Waals surface area contributed by atoms with E-state index in [0.717, 1.165) is 12.1 Å². The lowest BCUT2D eigenvalue weighted by Crippen LogP contribution is -2.21. The molecule has 0 aromatic heterocycles. The second-order valence-electron chi connectivity index (χ2n) is 3.39. The number of hydrogen-bond donors (Lipinski definition) is 0. The SMILES string of the molecule is CCCOP1OCC(=O)N1c1ccccc1. The quantitative estimate of drug-likeness (QED) is 0.758. The molecule has 1 aliphatic heterocycles. The van der Waals surface area contributed by atoms with Crippen LogP contribution in [0, 0.1) is 0 Å². The lowest BCUT2D eigenvalue weighted by Gasteiger charge is -2.20. The van der Waals surface area contributed by atoms with Crippen LogP contribution in [0.2, 0.25) is 0 Å². The fourth-order valence-corrected chi connectivity index (χ4v) is 2.82. The molecular weight excluding hydrogens is 225 g/mol. The molecular formula is C11H14NO3P. The molecule has 4 nitrogen and oxygen atoms in total. The summed E-state index contributed by atoms with van der Waals surface area (Å²) in [7, 11) is -1.25. The minimum absolute atomic E-state index is 0.0339. The molecule has 1 heterocycles. The first-order valence-corrected chi connectivity index (χ1v) is 6.40. The van der Waals surface area contributed by atoms with Crippen LogP contribution >= 0.6 is 8.53 Å². The van der Waals surface area contributed by atoms with Gasteiger partial charge in [0.15, 0.2) is 0 Å². The highest BCUT2D eigenvalue weighted by Gasteiger charge is 2.35. The summed E-state index contributed by atoms with van der Waals surface area (Å²) >= 11 is 0. The second-order valence-corrected chi connectivity index (χ2v) is 4.78. The minimum atomic E-state index is -1.25. The Morgan fingerprint density at radius 1 is 1.44 bits per heavy atom. The monoisotopic (exact) mass is 239 g/mol. The van der Waals surface area contributed by atoms with E-state index in [0.29, 0.717) is 6.61 Å². The van der Waals surface area contributed by atoms with Crippen LogP contribution in [-0.2, 0) is 13.8 Å². The van der Waals surface area contributed by atoms with Crippen LogP contribution in [0.5, 0.6) is 0 Å². The Morgan fingerprint density at radius 3 is 2.88 bits per heavy atom. The smallest absolute Gasteiger partial charge is 0.297 e. The van der Waals surface area contributed by atoms with E-state index in [1.807, 2.05) is 37.3 Å². The van der Waals surface area contributed by atoms with E-state index < -0.39 is 8.53 Å². The molecule has 1 aromatic rings. The molecule has 86 valence electrons. The highest BCUT2D eigenvalue weighted by molar-refractivity contribution is 7.51. The predicted molar refractivity (Wildman–Crippen MR) is 63.0 cm³/mol. The number of rotatable bonds is 4. The van der Waals surface area contributed by atoms with Crippen LogP contribution in [0.25, 0.3) is 0 Å². The van der Waals surface area contributed by atoms with Gasteiger partial charge >= 0.3 is 0 Å². The zero-order valence-corrected chi connectivity index (χ0v) is 10.0. The van der Waals surface area contributed by atoms with Crippen molar-refractivity contribution in [1.82, 2.24) is 0 Å². The van der Waals surface area contributed by atoms with Crippen molar-refractivity contribution in [1.29, 1.82) is 0 Å². The third-order valence-corrected chi connectivity index (χ3v) is 3.64. The molecule has 1 aliphatic rings. The Bertz CT molecular complexity index is 358. The van der Waals surface area contributed by atoms with Crippen molar-refractivity contribution in [2.45, 2.75) is 13.3 Å². The van der Waals surface area contributed by atoms with E-state index >= 15 is 0 Å². The summed E-state index contributed by atoms with van der Waals surface area (Å²) in [6.45, 7) is 2.76. The van der Waals surface area contributed by atoms with E-state index in [9.17, 15) is 4.79 Å². The maximum absolute atomic E-state index is 11.7. The zero-order valence-electron chi connectivity index (χ0n) is 9.13. The highest BCUT2D eigenvalue weighted by atomic mass is 31.2. The van der Waals surface area contributed by atoms with Gasteiger partial charge in [-0.1, -0.05) is 25.1 Å². The molecule has 1 fully saturated rings. The van der Waals surface area contributed by atoms with Crippen molar-refractivity contribution >= 4 is 20.1 Å². The lowest BCUT2D eigenvalue weighted by atomic mass is 10.3. The fourth-order valence-electron chi connectivity index (χ4n) is 1.39. The van der Waals surface area contributed by atoms with E-state index in [1.165, 1.54) is 0 Å². The maximum atomic E-state index is 11.7. The zero-order chi connectivity index (χ0) is 11.4. The Hall–Kier alpha value is -0.960. The second kappa shape index (κ2) is 5.39. The number of hydrogen-bond acceptors (Lipinski definition) is 3. The maximum Gasteiger partial charge on any atom is 0.297 e. The molecule has 1 atom stereocenters. The molecule has 16 heavy (non-hydrogen) atoms. The molecule has 0 saturated carbocycles. The first-order chi connectivity index (χ1) is 7.83. The van der Waals surface area contributed by atoms with E-state index in [4.69, 9.17) is 9.05 Å². The normalized spacial score (nSPS) is 20.4. The number of nitrogens with zero attached hydrogens (tertiary/aromatic N) is 1. The van der Waals surface area contributed by atoms with Crippen molar-refractivity contribution in [3.05, 3.63) is 30.3 Å². The Balaban J connectivity index is 2.13. The molecule has 0 bridgehead atoms. The molecule has 1 amide bonds. The van der Waals surface area contributed by atoms with Crippen LogP contribution in [0.3, 0.4) is 0 Å². The highest BCUT2D eigenvalue weighted by Crippen LogP contribution is 2.49. The molecule has 1 saturated heterocycles. The third-order valence-electron chi connectivity index (χ3n) is 2.10. The van der Waals surface area contributed by atoms with Gasteiger partial charge in [0.1, 0.15) is 6.61 Å². The topological polar surface area (TPSA) is 38.8 Å². The van der Waals surface area contributed by atoms with Crippen LogP contribution in [0.1, 0.15) is 13.3 Å². The van der Waals surface area contributed by atoms with Gasteiger partial charge in [-0.15, -0.1) is 0 Å². The van der Waals surface area contributed by atoms with Crippen LogP contribution in [-0.4, -0.2) is 19.1 Å². The summed E-state index contributed by atoms with van der Waals surface area (Å²) in [5.74, 6) is -0.0339. The van der Waals surface area contributed by atoms with Gasteiger partial charge in [0.05, 0.1) is 12.3 Å². The molecule has 0 aliphatic carbocycles. The van der Waals surface area contributed by atoms with E-state index in [2.05, 4.69) is 0 Å². The van der Waals surface area contributed by atoms with Crippen molar-refractivity contribution in [3.63, 3.8) is 0 Å². The number of carbonyl (C=O) groups excluding carboxylic acids is 1. The van der Waals surface area contributed by atoms with Crippen LogP contribution in [0.4, 0.5) is 5.69 Å². The summed E-state index contributed by atoms with van der Waals surface area (Å²) in [5, 5.41) is 0. The summed E-state index contributed by atoms with van der Waals surface area (Å²) in [4.78, 5) is 11.7. The number of para-hydroxylation sites is 1.